The third kappa shape index (κ3) is 3.60. The van der Waals surface area contributed by atoms with Gasteiger partial charge >= 0.3 is 0 Å². The van der Waals surface area contributed by atoms with Gasteiger partial charge in [0.25, 0.3) is 0 Å². The molecule has 0 aliphatic carbocycles. The molecule has 1 rings (SSSR count). The Morgan fingerprint density at radius 3 is 1.83 bits per heavy atom. The second-order valence-corrected chi connectivity index (χ2v) is 8.31. The third-order valence-electron chi connectivity index (χ3n) is 4.26. The van der Waals surface area contributed by atoms with E-state index in [9.17, 15) is 0 Å². The highest BCUT2D eigenvalue weighted by Crippen LogP contribution is 2.41. The lowest BCUT2D eigenvalue weighted by Crippen LogP contribution is -2.34. The van der Waals surface area contributed by atoms with Gasteiger partial charge in [-0.3, -0.25) is 0 Å². The van der Waals surface area contributed by atoms with E-state index >= 15 is 0 Å². The first-order valence-corrected chi connectivity index (χ1v) is 7.03. The maximum absolute atomic E-state index is 2.40. The van der Waals surface area contributed by atoms with Crippen LogP contribution in [-0.4, -0.2) is 0 Å². The Balaban J connectivity index is 3.10. The Hall–Kier alpha value is -0.780. The predicted molar refractivity (Wildman–Crippen MR) is 82.1 cm³/mol. The molecule has 0 heteroatoms. The highest BCUT2D eigenvalue weighted by Gasteiger charge is 2.34. The summed E-state index contributed by atoms with van der Waals surface area (Å²) in [5, 5.41) is 0. The maximum Gasteiger partial charge on any atom is -0.00550 e. The van der Waals surface area contributed by atoms with Gasteiger partial charge in [0.15, 0.2) is 0 Å². The Kier molecular flexibility index (Phi) is 4.00. The highest BCUT2D eigenvalue weighted by molar-refractivity contribution is 5.31. The molecule has 0 nitrogen and oxygen atoms in total. The Morgan fingerprint density at radius 1 is 0.833 bits per heavy atom. The van der Waals surface area contributed by atoms with Crippen molar-refractivity contribution >= 4 is 0 Å². The van der Waals surface area contributed by atoms with Crippen LogP contribution in [0.4, 0.5) is 0 Å². The van der Waals surface area contributed by atoms with Crippen LogP contribution in [0.5, 0.6) is 0 Å². The third-order valence-corrected chi connectivity index (χ3v) is 4.26. The topological polar surface area (TPSA) is 0 Å². The number of rotatable bonds is 2. The first-order chi connectivity index (χ1) is 7.93. The fourth-order valence-corrected chi connectivity index (χ4v) is 2.12. The summed E-state index contributed by atoms with van der Waals surface area (Å²) in [5.74, 6) is 0. The van der Waals surface area contributed by atoms with Crippen molar-refractivity contribution < 1.29 is 0 Å². The average molecular weight is 246 g/mol. The fourth-order valence-electron chi connectivity index (χ4n) is 2.12. The van der Waals surface area contributed by atoms with Crippen LogP contribution in [0.25, 0.3) is 0 Å². The second-order valence-electron chi connectivity index (χ2n) is 8.31. The van der Waals surface area contributed by atoms with E-state index in [1.54, 1.807) is 0 Å². The van der Waals surface area contributed by atoms with Gasteiger partial charge in [-0.15, -0.1) is 0 Å². The van der Waals surface area contributed by atoms with Gasteiger partial charge in [0.2, 0.25) is 0 Å². The quantitative estimate of drug-likeness (QED) is 0.637. The lowest BCUT2D eigenvalue weighted by Gasteiger charge is -2.39. The van der Waals surface area contributed by atoms with Gasteiger partial charge in [-0.25, -0.2) is 0 Å². The van der Waals surface area contributed by atoms with Crippen molar-refractivity contribution in [3.63, 3.8) is 0 Å². The minimum absolute atomic E-state index is 0.195. The largest absolute Gasteiger partial charge is 0.0617 e. The minimum Gasteiger partial charge on any atom is -0.0617 e. The lowest BCUT2D eigenvalue weighted by molar-refractivity contribution is 0.225. The van der Waals surface area contributed by atoms with E-state index in [0.29, 0.717) is 5.41 Å². The van der Waals surface area contributed by atoms with E-state index in [1.165, 1.54) is 11.1 Å². The van der Waals surface area contributed by atoms with E-state index in [4.69, 9.17) is 0 Å². The maximum atomic E-state index is 2.40. The van der Waals surface area contributed by atoms with E-state index in [-0.39, 0.29) is 10.8 Å². The molecule has 0 radical (unpaired) electrons. The van der Waals surface area contributed by atoms with Crippen LogP contribution in [0.2, 0.25) is 0 Å². The summed E-state index contributed by atoms with van der Waals surface area (Å²) < 4.78 is 0. The molecular formula is C18H30. The minimum atomic E-state index is 0.195. The summed E-state index contributed by atoms with van der Waals surface area (Å²) in [7, 11) is 0. The van der Waals surface area contributed by atoms with Gasteiger partial charge in [-0.2, -0.15) is 0 Å². The Labute approximate surface area is 114 Å². The van der Waals surface area contributed by atoms with Crippen LogP contribution in [0.1, 0.15) is 66.5 Å². The van der Waals surface area contributed by atoms with Gasteiger partial charge in [0, 0.05) is 0 Å². The monoisotopic (exact) mass is 246 g/mol. The number of hydrogen-bond acceptors (Lipinski definition) is 0. The lowest BCUT2D eigenvalue weighted by atomic mass is 9.65. The van der Waals surface area contributed by atoms with Gasteiger partial charge in [0.05, 0.1) is 0 Å². The zero-order valence-corrected chi connectivity index (χ0v) is 13.5. The normalized spacial score (nSPS) is 13.8. The summed E-state index contributed by atoms with van der Waals surface area (Å²) in [6, 6.07) is 9.14. The second kappa shape index (κ2) is 4.72. The molecule has 0 amide bonds. The zero-order chi connectivity index (χ0) is 14.2. The van der Waals surface area contributed by atoms with Crippen molar-refractivity contribution in [2.75, 3.05) is 0 Å². The standard InChI is InChI=1S/C18H30/c1-16(2,3)13-14-10-9-11-15(12-14)18(7,8)17(4,5)6/h9-12H,13H2,1-8H3. The summed E-state index contributed by atoms with van der Waals surface area (Å²) in [4.78, 5) is 0. The summed E-state index contributed by atoms with van der Waals surface area (Å²) in [6.07, 6.45) is 1.14. The molecule has 0 saturated heterocycles. The van der Waals surface area contributed by atoms with Crippen LogP contribution < -0.4 is 0 Å². The molecule has 18 heavy (non-hydrogen) atoms. The van der Waals surface area contributed by atoms with Crippen molar-refractivity contribution in [1.29, 1.82) is 0 Å². The average Bonchev–Trinajstić information content (AvgIpc) is 2.13. The molecule has 0 aliphatic rings. The van der Waals surface area contributed by atoms with E-state index in [2.05, 4.69) is 79.7 Å². The van der Waals surface area contributed by atoms with Crippen LogP contribution in [-0.2, 0) is 11.8 Å². The summed E-state index contributed by atoms with van der Waals surface area (Å²) in [6.45, 7) is 18.6. The van der Waals surface area contributed by atoms with Crippen LogP contribution in [0.15, 0.2) is 24.3 Å². The van der Waals surface area contributed by atoms with Gasteiger partial charge < -0.3 is 0 Å². The summed E-state index contributed by atoms with van der Waals surface area (Å²) >= 11 is 0. The molecule has 0 bridgehead atoms. The first-order valence-electron chi connectivity index (χ1n) is 7.03. The van der Waals surface area contributed by atoms with Crippen LogP contribution in [0.3, 0.4) is 0 Å². The number of hydrogen-bond donors (Lipinski definition) is 0. The molecule has 0 fully saturated rings. The van der Waals surface area contributed by atoms with E-state index in [0.717, 1.165) is 6.42 Å². The van der Waals surface area contributed by atoms with Gasteiger partial charge in [-0.1, -0.05) is 79.7 Å². The van der Waals surface area contributed by atoms with E-state index in [1.807, 2.05) is 0 Å². The fraction of sp³-hybridized carbons (Fsp3) is 0.667. The molecular weight excluding hydrogens is 216 g/mol. The molecule has 102 valence electrons. The van der Waals surface area contributed by atoms with E-state index < -0.39 is 0 Å². The van der Waals surface area contributed by atoms with Gasteiger partial charge in [0.1, 0.15) is 0 Å². The molecule has 1 aromatic rings. The van der Waals surface area contributed by atoms with Crippen molar-refractivity contribution in [1.82, 2.24) is 0 Å². The van der Waals surface area contributed by atoms with Crippen LogP contribution in [0, 0.1) is 10.8 Å². The van der Waals surface area contributed by atoms with Crippen molar-refractivity contribution in [2.24, 2.45) is 10.8 Å². The molecule has 0 saturated carbocycles. The smallest absolute Gasteiger partial charge is 0.00550 e. The SMILES string of the molecule is CC(C)(C)Cc1cccc(C(C)(C)C(C)(C)C)c1. The molecule has 0 spiro atoms. The van der Waals surface area contributed by atoms with Crippen molar-refractivity contribution in [3.8, 4) is 0 Å². The molecule has 0 N–H and O–H groups in total. The number of benzene rings is 1. The van der Waals surface area contributed by atoms with Gasteiger partial charge in [-0.05, 0) is 33.8 Å². The van der Waals surface area contributed by atoms with Crippen LogP contribution >= 0.6 is 0 Å². The van der Waals surface area contributed by atoms with Crippen molar-refractivity contribution in [3.05, 3.63) is 35.4 Å². The Morgan fingerprint density at radius 2 is 1.39 bits per heavy atom. The van der Waals surface area contributed by atoms with Crippen molar-refractivity contribution in [2.45, 2.75) is 67.2 Å². The zero-order valence-electron chi connectivity index (χ0n) is 13.5. The first kappa shape index (κ1) is 15.3. The predicted octanol–water partition coefficient (Wildman–Crippen LogP) is 5.60. The molecule has 0 aliphatic heterocycles. The Bertz CT molecular complexity index is 397. The molecule has 0 atom stereocenters. The molecule has 0 unspecified atom stereocenters. The molecule has 0 heterocycles. The molecule has 0 aromatic heterocycles. The molecule has 1 aromatic carbocycles. The highest BCUT2D eigenvalue weighted by atomic mass is 14.4. The summed E-state index contributed by atoms with van der Waals surface area (Å²) in [5.41, 5.74) is 3.73.